The number of carbonyl (C=O) groups excluding carboxylic acids is 1. The summed E-state index contributed by atoms with van der Waals surface area (Å²) in [5.41, 5.74) is 0.925. The Balaban J connectivity index is 1.63. The topological polar surface area (TPSA) is 84.5 Å². The lowest BCUT2D eigenvalue weighted by Crippen LogP contribution is -2.22. The Bertz CT molecular complexity index is 923. The molecule has 28 heavy (non-hydrogen) atoms. The highest BCUT2D eigenvalue weighted by Crippen LogP contribution is 2.30. The van der Waals surface area contributed by atoms with E-state index in [4.69, 9.17) is 27.9 Å². The van der Waals surface area contributed by atoms with Crippen molar-refractivity contribution in [2.45, 2.75) is 24.2 Å². The summed E-state index contributed by atoms with van der Waals surface area (Å²) in [4.78, 5) is 12.0. The molecule has 0 unspecified atom stereocenters. The monoisotopic (exact) mass is 442 g/mol. The molecule has 0 aromatic heterocycles. The third-order valence-electron chi connectivity index (χ3n) is 4.42. The molecule has 1 amide bonds. The Morgan fingerprint density at radius 1 is 1.00 bits per heavy atom. The maximum atomic E-state index is 12.6. The fourth-order valence-electron chi connectivity index (χ4n) is 2.99. The normalized spacial score (nSPS) is 15.2. The van der Waals surface area contributed by atoms with Crippen LogP contribution in [0.25, 0.3) is 0 Å². The number of nitrogens with one attached hydrogen (secondary N) is 2. The van der Waals surface area contributed by atoms with E-state index < -0.39 is 10.0 Å². The van der Waals surface area contributed by atoms with Crippen molar-refractivity contribution in [1.29, 1.82) is 0 Å². The zero-order valence-electron chi connectivity index (χ0n) is 15.0. The van der Waals surface area contributed by atoms with Gasteiger partial charge in [0.05, 0.1) is 10.0 Å². The predicted molar refractivity (Wildman–Crippen MR) is 111 cm³/mol. The van der Waals surface area contributed by atoms with Gasteiger partial charge in [-0.3, -0.25) is 9.52 Å². The Labute approximate surface area is 174 Å². The van der Waals surface area contributed by atoms with E-state index >= 15 is 0 Å². The Morgan fingerprint density at radius 3 is 2.18 bits per heavy atom. The molecule has 1 heterocycles. The Morgan fingerprint density at radius 2 is 1.57 bits per heavy atom. The summed E-state index contributed by atoms with van der Waals surface area (Å²) in [6, 6.07) is 10.9. The van der Waals surface area contributed by atoms with Gasteiger partial charge >= 0.3 is 0 Å². The van der Waals surface area contributed by atoms with Crippen LogP contribution < -0.4 is 10.0 Å². The number of hydrogen-bond acceptors (Lipinski definition) is 4. The first-order valence-corrected chi connectivity index (χ1v) is 11.0. The molecule has 0 radical (unpaired) electrons. The maximum Gasteiger partial charge on any atom is 0.264 e. The fourth-order valence-corrected chi connectivity index (χ4v) is 5.20. The van der Waals surface area contributed by atoms with Crippen molar-refractivity contribution < 1.29 is 17.9 Å². The van der Waals surface area contributed by atoms with Crippen molar-refractivity contribution in [3.8, 4) is 0 Å². The van der Waals surface area contributed by atoms with Gasteiger partial charge in [0.2, 0.25) is 5.91 Å². The number of amides is 1. The molecule has 3 rings (SSSR count). The molecule has 1 aliphatic rings. The minimum absolute atomic E-state index is 0.0389. The van der Waals surface area contributed by atoms with Crippen molar-refractivity contribution >= 4 is 50.5 Å². The molecular formula is C19H20Cl2N2O4S. The smallest absolute Gasteiger partial charge is 0.264 e. The molecule has 0 saturated carbocycles. The molecule has 1 saturated heterocycles. The third-order valence-corrected chi connectivity index (χ3v) is 6.76. The zero-order valence-corrected chi connectivity index (χ0v) is 17.3. The maximum absolute atomic E-state index is 12.6. The summed E-state index contributed by atoms with van der Waals surface area (Å²) < 4.78 is 32.9. The van der Waals surface area contributed by atoms with Gasteiger partial charge in [0.15, 0.2) is 0 Å². The van der Waals surface area contributed by atoms with E-state index in [2.05, 4.69) is 10.0 Å². The lowest BCUT2D eigenvalue weighted by molar-refractivity contribution is -0.117. The van der Waals surface area contributed by atoms with Crippen LogP contribution in [0.4, 0.5) is 11.4 Å². The summed E-state index contributed by atoms with van der Waals surface area (Å²) in [6.45, 7) is 1.39. The van der Waals surface area contributed by atoms with Crippen LogP contribution in [0.5, 0.6) is 0 Å². The predicted octanol–water partition coefficient (Wildman–Crippen LogP) is 4.55. The van der Waals surface area contributed by atoms with E-state index in [0.717, 1.165) is 12.8 Å². The van der Waals surface area contributed by atoms with Gasteiger partial charge in [-0.25, -0.2) is 8.42 Å². The number of ether oxygens (including phenoxy) is 1. The second-order valence-corrected chi connectivity index (χ2v) is 8.98. The molecule has 2 aromatic carbocycles. The number of anilines is 2. The van der Waals surface area contributed by atoms with Crippen LogP contribution in [-0.4, -0.2) is 27.5 Å². The van der Waals surface area contributed by atoms with E-state index in [1.165, 1.54) is 12.1 Å². The molecule has 0 aliphatic carbocycles. The fraction of sp³-hybridized carbons (Fsp3) is 0.316. The van der Waals surface area contributed by atoms with Gasteiger partial charge in [0, 0.05) is 31.0 Å². The molecule has 0 spiro atoms. The van der Waals surface area contributed by atoms with Gasteiger partial charge in [-0.05, 0) is 55.2 Å². The van der Waals surface area contributed by atoms with Crippen LogP contribution in [0.15, 0.2) is 47.4 Å². The molecule has 150 valence electrons. The van der Waals surface area contributed by atoms with Crippen LogP contribution in [-0.2, 0) is 19.6 Å². The minimum Gasteiger partial charge on any atom is -0.381 e. The molecule has 1 aliphatic heterocycles. The van der Waals surface area contributed by atoms with Crippen LogP contribution in [0.2, 0.25) is 10.0 Å². The first-order valence-electron chi connectivity index (χ1n) is 8.79. The number of benzene rings is 2. The largest absolute Gasteiger partial charge is 0.381 e. The van der Waals surface area contributed by atoms with Crippen LogP contribution in [0, 0.1) is 5.92 Å². The van der Waals surface area contributed by atoms with Gasteiger partial charge in [0.1, 0.15) is 4.90 Å². The Kier molecular flexibility index (Phi) is 6.82. The van der Waals surface area contributed by atoms with Crippen molar-refractivity contribution in [2.75, 3.05) is 23.3 Å². The first kappa shape index (κ1) is 20.9. The van der Waals surface area contributed by atoms with Gasteiger partial charge in [-0.2, -0.15) is 0 Å². The molecular weight excluding hydrogens is 423 g/mol. The van der Waals surface area contributed by atoms with Gasteiger partial charge in [-0.15, -0.1) is 0 Å². The van der Waals surface area contributed by atoms with E-state index in [0.29, 0.717) is 36.9 Å². The average Bonchev–Trinajstić information content (AvgIpc) is 2.63. The minimum atomic E-state index is -3.94. The van der Waals surface area contributed by atoms with E-state index in [-0.39, 0.29) is 20.8 Å². The number of sulfonamides is 1. The van der Waals surface area contributed by atoms with Crippen LogP contribution >= 0.6 is 23.2 Å². The second-order valence-electron chi connectivity index (χ2n) is 6.54. The van der Waals surface area contributed by atoms with E-state index in [9.17, 15) is 13.2 Å². The van der Waals surface area contributed by atoms with Crippen molar-refractivity contribution in [2.24, 2.45) is 5.92 Å². The quantitative estimate of drug-likeness (QED) is 0.686. The van der Waals surface area contributed by atoms with E-state index in [1.807, 2.05) is 0 Å². The summed E-state index contributed by atoms with van der Waals surface area (Å²) in [5, 5.41) is 2.91. The standard InChI is InChI=1S/C19H20Cl2N2O4S/c20-16-2-1-3-17(21)19(16)28(25,26)23-15-6-4-14(5-7-15)22-18(24)12-13-8-10-27-11-9-13/h1-7,13,23H,8-12H2,(H,22,24). The lowest BCUT2D eigenvalue weighted by atomic mass is 9.96. The second kappa shape index (κ2) is 9.13. The summed E-state index contributed by atoms with van der Waals surface area (Å²) >= 11 is 12.0. The van der Waals surface area contributed by atoms with Crippen molar-refractivity contribution in [1.82, 2.24) is 0 Å². The number of hydrogen-bond donors (Lipinski definition) is 2. The Hall–Kier alpha value is -1.80. The van der Waals surface area contributed by atoms with Gasteiger partial charge in [0.25, 0.3) is 10.0 Å². The highest BCUT2D eigenvalue weighted by atomic mass is 35.5. The SMILES string of the molecule is O=C(CC1CCOCC1)Nc1ccc(NS(=O)(=O)c2c(Cl)cccc2Cl)cc1. The van der Waals surface area contributed by atoms with Crippen molar-refractivity contribution in [3.05, 3.63) is 52.5 Å². The van der Waals surface area contributed by atoms with Crippen LogP contribution in [0.1, 0.15) is 19.3 Å². The summed E-state index contributed by atoms with van der Waals surface area (Å²) in [6.07, 6.45) is 2.22. The third kappa shape index (κ3) is 5.38. The number of halogens is 2. The van der Waals surface area contributed by atoms with Crippen LogP contribution in [0.3, 0.4) is 0 Å². The number of rotatable bonds is 6. The molecule has 0 atom stereocenters. The molecule has 1 fully saturated rings. The zero-order chi connectivity index (χ0) is 20.1. The number of carbonyl (C=O) groups is 1. The summed E-state index contributed by atoms with van der Waals surface area (Å²) in [5.74, 6) is 0.267. The highest BCUT2D eigenvalue weighted by Gasteiger charge is 2.22. The average molecular weight is 443 g/mol. The summed E-state index contributed by atoms with van der Waals surface area (Å²) in [7, 11) is -3.94. The molecule has 2 N–H and O–H groups in total. The van der Waals surface area contributed by atoms with Gasteiger partial charge < -0.3 is 10.1 Å². The molecule has 2 aromatic rings. The van der Waals surface area contributed by atoms with E-state index in [1.54, 1.807) is 30.3 Å². The van der Waals surface area contributed by atoms with Crippen molar-refractivity contribution in [3.63, 3.8) is 0 Å². The van der Waals surface area contributed by atoms with Gasteiger partial charge in [-0.1, -0.05) is 29.3 Å². The first-order chi connectivity index (χ1) is 13.3. The highest BCUT2D eigenvalue weighted by molar-refractivity contribution is 7.93. The molecule has 6 nitrogen and oxygen atoms in total. The molecule has 9 heteroatoms. The molecule has 0 bridgehead atoms. The lowest BCUT2D eigenvalue weighted by Gasteiger charge is -2.21.